The molecule has 82 valence electrons. The van der Waals surface area contributed by atoms with Crippen molar-refractivity contribution < 1.29 is 9.53 Å². The summed E-state index contributed by atoms with van der Waals surface area (Å²) in [4.78, 5) is 10.9. The summed E-state index contributed by atoms with van der Waals surface area (Å²) < 4.78 is 5.42. The molecule has 0 saturated heterocycles. The molecular weight excluding hydrogens is 235 g/mol. The Hall–Kier alpha value is -0.730. The van der Waals surface area contributed by atoms with Crippen LogP contribution >= 0.6 is 23.2 Å². The Morgan fingerprint density at radius 3 is 2.67 bits per heavy atom. The van der Waals surface area contributed by atoms with Crippen molar-refractivity contribution in [3.8, 4) is 5.75 Å². The molecule has 1 aromatic rings. The highest BCUT2D eigenvalue weighted by Crippen LogP contribution is 2.22. The normalized spacial score (nSPS) is 12.3. The highest BCUT2D eigenvalue weighted by atomic mass is 35.5. The van der Waals surface area contributed by atoms with Crippen LogP contribution in [0.4, 0.5) is 0 Å². The van der Waals surface area contributed by atoms with Gasteiger partial charge in [-0.2, -0.15) is 0 Å². The molecular formula is C11H12Cl2O2. The van der Waals surface area contributed by atoms with Crippen molar-refractivity contribution in [2.45, 2.75) is 26.4 Å². The SMILES string of the molecule is CC[C@@H](Oc1ccc(Cl)c(C)c1)C(=O)Cl. The van der Waals surface area contributed by atoms with E-state index in [9.17, 15) is 4.79 Å². The summed E-state index contributed by atoms with van der Waals surface area (Å²) in [7, 11) is 0. The summed E-state index contributed by atoms with van der Waals surface area (Å²) in [6, 6.07) is 5.24. The third-order valence-corrected chi connectivity index (χ3v) is 2.70. The van der Waals surface area contributed by atoms with Crippen LogP contribution in [0.1, 0.15) is 18.9 Å². The van der Waals surface area contributed by atoms with Crippen molar-refractivity contribution in [2.75, 3.05) is 0 Å². The molecule has 0 heterocycles. The van der Waals surface area contributed by atoms with Gasteiger partial charge in [-0.05, 0) is 48.7 Å². The molecule has 1 atom stereocenters. The largest absolute Gasteiger partial charge is 0.481 e. The van der Waals surface area contributed by atoms with Gasteiger partial charge in [-0.15, -0.1) is 0 Å². The zero-order valence-corrected chi connectivity index (χ0v) is 10.1. The minimum atomic E-state index is -0.591. The van der Waals surface area contributed by atoms with Crippen molar-refractivity contribution in [2.24, 2.45) is 0 Å². The maximum Gasteiger partial charge on any atom is 0.262 e. The first-order chi connectivity index (χ1) is 7.04. The molecule has 0 aliphatic heterocycles. The lowest BCUT2D eigenvalue weighted by Crippen LogP contribution is -2.22. The van der Waals surface area contributed by atoms with Crippen LogP contribution in [0.5, 0.6) is 5.75 Å². The fourth-order valence-electron chi connectivity index (χ4n) is 1.14. The van der Waals surface area contributed by atoms with Gasteiger partial charge in [-0.1, -0.05) is 18.5 Å². The molecule has 0 saturated carbocycles. The first kappa shape index (κ1) is 12.3. The van der Waals surface area contributed by atoms with E-state index in [-0.39, 0.29) is 0 Å². The number of aryl methyl sites for hydroxylation is 1. The van der Waals surface area contributed by atoms with Gasteiger partial charge >= 0.3 is 0 Å². The molecule has 0 aliphatic carbocycles. The molecule has 0 N–H and O–H groups in total. The number of hydrogen-bond donors (Lipinski definition) is 0. The minimum Gasteiger partial charge on any atom is -0.481 e. The summed E-state index contributed by atoms with van der Waals surface area (Å²) in [6.07, 6.45) is -0.0449. The van der Waals surface area contributed by atoms with Gasteiger partial charge in [0.1, 0.15) is 5.75 Å². The average molecular weight is 247 g/mol. The van der Waals surface area contributed by atoms with Gasteiger partial charge < -0.3 is 4.74 Å². The monoisotopic (exact) mass is 246 g/mol. The number of rotatable bonds is 4. The van der Waals surface area contributed by atoms with Crippen LogP contribution in [0.2, 0.25) is 5.02 Å². The molecule has 0 fully saturated rings. The maximum absolute atomic E-state index is 10.9. The Morgan fingerprint density at radius 1 is 1.53 bits per heavy atom. The van der Waals surface area contributed by atoms with E-state index in [4.69, 9.17) is 27.9 Å². The number of halogens is 2. The smallest absolute Gasteiger partial charge is 0.262 e. The zero-order valence-electron chi connectivity index (χ0n) is 8.59. The molecule has 0 aromatic heterocycles. The first-order valence-corrected chi connectivity index (χ1v) is 5.42. The van der Waals surface area contributed by atoms with Crippen molar-refractivity contribution in [1.82, 2.24) is 0 Å². The van der Waals surface area contributed by atoms with Crippen molar-refractivity contribution in [3.05, 3.63) is 28.8 Å². The minimum absolute atomic E-state index is 0.481. The van der Waals surface area contributed by atoms with Gasteiger partial charge in [0, 0.05) is 5.02 Å². The zero-order chi connectivity index (χ0) is 11.4. The van der Waals surface area contributed by atoms with E-state index in [1.54, 1.807) is 18.2 Å². The van der Waals surface area contributed by atoms with Crippen molar-refractivity contribution in [3.63, 3.8) is 0 Å². The maximum atomic E-state index is 10.9. The number of hydrogen-bond acceptors (Lipinski definition) is 2. The van der Waals surface area contributed by atoms with Crippen LogP contribution in [-0.4, -0.2) is 11.3 Å². The molecule has 0 radical (unpaired) electrons. The van der Waals surface area contributed by atoms with Crippen LogP contribution in [0.15, 0.2) is 18.2 Å². The number of carbonyl (C=O) groups is 1. The number of carbonyl (C=O) groups excluding carboxylic acids is 1. The Balaban J connectivity index is 2.80. The van der Waals surface area contributed by atoms with E-state index in [1.165, 1.54) is 0 Å². The molecule has 0 bridgehead atoms. The van der Waals surface area contributed by atoms with Crippen molar-refractivity contribution in [1.29, 1.82) is 0 Å². The average Bonchev–Trinajstić information content (AvgIpc) is 2.19. The van der Waals surface area contributed by atoms with Gasteiger partial charge in [0.2, 0.25) is 0 Å². The van der Waals surface area contributed by atoms with Crippen molar-refractivity contribution >= 4 is 28.4 Å². The van der Waals surface area contributed by atoms with Gasteiger partial charge in [0.05, 0.1) is 0 Å². The summed E-state index contributed by atoms with van der Waals surface area (Å²) in [6.45, 7) is 3.71. The summed E-state index contributed by atoms with van der Waals surface area (Å²) in [5.74, 6) is 0.609. The summed E-state index contributed by atoms with van der Waals surface area (Å²) in [5.41, 5.74) is 0.908. The molecule has 0 spiro atoms. The van der Waals surface area contributed by atoms with E-state index < -0.39 is 11.3 Å². The topological polar surface area (TPSA) is 26.3 Å². The number of benzene rings is 1. The van der Waals surface area contributed by atoms with E-state index in [1.807, 2.05) is 13.8 Å². The molecule has 2 nitrogen and oxygen atoms in total. The second-order valence-electron chi connectivity index (χ2n) is 3.23. The molecule has 0 amide bonds. The Kier molecular flexibility index (Phi) is 4.43. The third kappa shape index (κ3) is 3.40. The van der Waals surface area contributed by atoms with Gasteiger partial charge in [-0.3, -0.25) is 4.79 Å². The van der Waals surface area contributed by atoms with Crippen LogP contribution in [0.25, 0.3) is 0 Å². The van der Waals surface area contributed by atoms with E-state index in [0.29, 0.717) is 17.2 Å². The lowest BCUT2D eigenvalue weighted by atomic mass is 10.2. The van der Waals surface area contributed by atoms with Gasteiger partial charge in [0.15, 0.2) is 6.10 Å². The quantitative estimate of drug-likeness (QED) is 0.760. The van der Waals surface area contributed by atoms with Gasteiger partial charge in [-0.25, -0.2) is 0 Å². The fourth-order valence-corrected chi connectivity index (χ4v) is 1.46. The Morgan fingerprint density at radius 2 is 2.20 bits per heavy atom. The van der Waals surface area contributed by atoms with Crippen LogP contribution in [0, 0.1) is 6.92 Å². The molecule has 4 heteroatoms. The third-order valence-electron chi connectivity index (χ3n) is 2.03. The molecule has 0 aliphatic rings. The van der Waals surface area contributed by atoms with Crippen LogP contribution in [0.3, 0.4) is 0 Å². The predicted molar refractivity (Wildman–Crippen MR) is 61.8 cm³/mol. The van der Waals surface area contributed by atoms with E-state index in [0.717, 1.165) is 5.56 Å². The van der Waals surface area contributed by atoms with E-state index >= 15 is 0 Å². The number of ether oxygens (including phenoxy) is 1. The molecule has 1 aromatic carbocycles. The lowest BCUT2D eigenvalue weighted by Gasteiger charge is -2.13. The Bertz CT molecular complexity index is 364. The fraction of sp³-hybridized carbons (Fsp3) is 0.364. The highest BCUT2D eigenvalue weighted by molar-refractivity contribution is 6.64. The second-order valence-corrected chi connectivity index (χ2v) is 4.01. The van der Waals surface area contributed by atoms with Crippen LogP contribution in [-0.2, 0) is 4.79 Å². The summed E-state index contributed by atoms with van der Waals surface area (Å²) >= 11 is 11.2. The Labute approximate surface area is 99.1 Å². The highest BCUT2D eigenvalue weighted by Gasteiger charge is 2.15. The van der Waals surface area contributed by atoms with E-state index in [2.05, 4.69) is 0 Å². The first-order valence-electron chi connectivity index (χ1n) is 4.66. The predicted octanol–water partition coefficient (Wildman–Crippen LogP) is 3.57. The summed E-state index contributed by atoms with van der Waals surface area (Å²) in [5, 5.41) is 0.192. The molecule has 0 unspecified atom stereocenters. The molecule has 15 heavy (non-hydrogen) atoms. The lowest BCUT2D eigenvalue weighted by molar-refractivity contribution is -0.117. The standard InChI is InChI=1S/C11H12Cl2O2/c1-3-10(11(13)14)15-8-4-5-9(12)7(2)6-8/h4-6,10H,3H2,1-2H3/t10-/m1/s1. The second kappa shape index (κ2) is 5.38. The molecule has 1 rings (SSSR count). The van der Waals surface area contributed by atoms with Crippen LogP contribution < -0.4 is 4.74 Å². The van der Waals surface area contributed by atoms with Gasteiger partial charge in [0.25, 0.3) is 5.24 Å².